The molecule has 0 bridgehead atoms. The van der Waals surface area contributed by atoms with Crippen molar-refractivity contribution in [3.05, 3.63) is 29.8 Å². The molecule has 0 fully saturated rings. The van der Waals surface area contributed by atoms with E-state index in [-0.39, 0.29) is 17.1 Å². The van der Waals surface area contributed by atoms with Crippen molar-refractivity contribution in [1.82, 2.24) is 5.32 Å². The van der Waals surface area contributed by atoms with Gasteiger partial charge in [-0.05, 0) is 32.0 Å². The van der Waals surface area contributed by atoms with Crippen molar-refractivity contribution in [2.45, 2.75) is 24.3 Å². The van der Waals surface area contributed by atoms with Crippen molar-refractivity contribution >= 4 is 15.7 Å². The van der Waals surface area contributed by atoms with Crippen LogP contribution in [-0.2, 0) is 9.84 Å². The van der Waals surface area contributed by atoms with E-state index in [1.807, 2.05) is 0 Å². The van der Waals surface area contributed by atoms with Crippen LogP contribution < -0.4 is 5.32 Å². The van der Waals surface area contributed by atoms with Crippen molar-refractivity contribution in [2.75, 3.05) is 12.9 Å². The van der Waals surface area contributed by atoms with Gasteiger partial charge in [0.25, 0.3) is 5.91 Å². The third-order valence-corrected chi connectivity index (χ3v) is 3.48. The Labute approximate surface area is 107 Å². The van der Waals surface area contributed by atoms with Gasteiger partial charge in [0.15, 0.2) is 9.84 Å². The number of benzene rings is 1. The Hall–Kier alpha value is -1.40. The highest BCUT2D eigenvalue weighted by molar-refractivity contribution is 7.90. The summed E-state index contributed by atoms with van der Waals surface area (Å²) in [6.07, 6.45) is 1.08. The molecule has 0 spiro atoms. The molecule has 1 rings (SSSR count). The largest absolute Gasteiger partial charge is 0.394 e. The fourth-order valence-electron chi connectivity index (χ4n) is 1.29. The van der Waals surface area contributed by atoms with E-state index in [1.165, 1.54) is 24.3 Å². The standard InChI is InChI=1S/C12H17NO4S/c1-12(2,8-14)13-11(15)9-5-4-6-10(7-9)18(3,16)17/h4-7,14H,8H2,1-3H3,(H,13,15). The molecule has 1 aromatic rings. The average molecular weight is 271 g/mol. The maximum atomic E-state index is 11.9. The van der Waals surface area contributed by atoms with E-state index in [1.54, 1.807) is 13.8 Å². The van der Waals surface area contributed by atoms with Gasteiger partial charge < -0.3 is 10.4 Å². The molecule has 0 aliphatic carbocycles. The lowest BCUT2D eigenvalue weighted by atomic mass is 10.1. The molecule has 0 aromatic heterocycles. The van der Waals surface area contributed by atoms with Gasteiger partial charge in [-0.2, -0.15) is 0 Å². The second-order valence-electron chi connectivity index (χ2n) is 4.80. The first-order chi connectivity index (χ1) is 8.15. The number of rotatable bonds is 4. The Bertz CT molecular complexity index is 549. The Kier molecular flexibility index (Phi) is 4.13. The van der Waals surface area contributed by atoms with E-state index in [0.717, 1.165) is 6.26 Å². The predicted octanol–water partition coefficient (Wildman–Crippen LogP) is 0.591. The fourth-order valence-corrected chi connectivity index (χ4v) is 1.95. The number of sulfone groups is 1. The third kappa shape index (κ3) is 3.82. The number of hydrogen-bond acceptors (Lipinski definition) is 4. The molecule has 18 heavy (non-hydrogen) atoms. The van der Waals surface area contributed by atoms with E-state index in [9.17, 15) is 13.2 Å². The lowest BCUT2D eigenvalue weighted by Gasteiger charge is -2.23. The van der Waals surface area contributed by atoms with Crippen molar-refractivity contribution in [1.29, 1.82) is 0 Å². The highest BCUT2D eigenvalue weighted by atomic mass is 32.2. The molecule has 0 aliphatic rings. The van der Waals surface area contributed by atoms with E-state index < -0.39 is 21.3 Å². The summed E-state index contributed by atoms with van der Waals surface area (Å²) in [7, 11) is -3.34. The van der Waals surface area contributed by atoms with Crippen molar-refractivity contribution in [3.8, 4) is 0 Å². The summed E-state index contributed by atoms with van der Waals surface area (Å²) in [5.74, 6) is -0.417. The first-order valence-corrected chi connectivity index (χ1v) is 7.28. The molecule has 2 N–H and O–H groups in total. The molecule has 0 saturated heterocycles. The molecule has 0 unspecified atom stereocenters. The van der Waals surface area contributed by atoms with Crippen LogP contribution in [0.5, 0.6) is 0 Å². The van der Waals surface area contributed by atoms with Crippen molar-refractivity contribution in [3.63, 3.8) is 0 Å². The first-order valence-electron chi connectivity index (χ1n) is 5.39. The number of carbonyl (C=O) groups is 1. The maximum absolute atomic E-state index is 11.9. The van der Waals surface area contributed by atoms with Gasteiger partial charge in [0.1, 0.15) is 0 Å². The van der Waals surface area contributed by atoms with Gasteiger partial charge in [0.2, 0.25) is 0 Å². The fraction of sp³-hybridized carbons (Fsp3) is 0.417. The summed E-state index contributed by atoms with van der Waals surface area (Å²) in [6.45, 7) is 3.14. The zero-order chi connectivity index (χ0) is 14.0. The van der Waals surface area contributed by atoms with Crippen LogP contribution in [-0.4, -0.2) is 37.8 Å². The van der Waals surface area contributed by atoms with Gasteiger partial charge in [-0.15, -0.1) is 0 Å². The molecule has 0 radical (unpaired) electrons. The van der Waals surface area contributed by atoms with Crippen LogP contribution in [0.4, 0.5) is 0 Å². The minimum absolute atomic E-state index is 0.0944. The highest BCUT2D eigenvalue weighted by Crippen LogP contribution is 2.12. The Morgan fingerprint density at radius 2 is 2.00 bits per heavy atom. The average Bonchev–Trinajstić information content (AvgIpc) is 2.27. The molecule has 0 saturated carbocycles. The van der Waals surface area contributed by atoms with Crippen LogP contribution in [0.15, 0.2) is 29.2 Å². The van der Waals surface area contributed by atoms with Gasteiger partial charge in [-0.25, -0.2) is 8.42 Å². The Morgan fingerprint density at radius 3 is 2.50 bits per heavy atom. The summed E-state index contributed by atoms with van der Waals surface area (Å²) in [4.78, 5) is 12.0. The Balaban J connectivity index is 3.02. The summed E-state index contributed by atoms with van der Waals surface area (Å²) in [5, 5.41) is 11.7. The second kappa shape index (κ2) is 5.07. The molecule has 100 valence electrons. The smallest absolute Gasteiger partial charge is 0.251 e. The molecular weight excluding hydrogens is 254 g/mol. The summed E-state index contributed by atoms with van der Waals surface area (Å²) in [6, 6.07) is 5.79. The minimum atomic E-state index is -3.34. The van der Waals surface area contributed by atoms with E-state index >= 15 is 0 Å². The van der Waals surface area contributed by atoms with Crippen LogP contribution in [0.2, 0.25) is 0 Å². The number of aliphatic hydroxyl groups is 1. The Morgan fingerprint density at radius 1 is 1.39 bits per heavy atom. The molecule has 1 amide bonds. The van der Waals surface area contributed by atoms with Crippen LogP contribution in [0.25, 0.3) is 0 Å². The zero-order valence-corrected chi connectivity index (χ0v) is 11.4. The summed E-state index contributed by atoms with van der Waals surface area (Å²) < 4.78 is 22.8. The SMILES string of the molecule is CC(C)(CO)NC(=O)c1cccc(S(C)(=O)=O)c1. The number of hydrogen-bond donors (Lipinski definition) is 2. The van der Waals surface area contributed by atoms with Gasteiger partial charge in [0, 0.05) is 11.8 Å². The van der Waals surface area contributed by atoms with E-state index in [2.05, 4.69) is 5.32 Å². The van der Waals surface area contributed by atoms with Crippen LogP contribution >= 0.6 is 0 Å². The topological polar surface area (TPSA) is 83.5 Å². The van der Waals surface area contributed by atoms with Crippen molar-refractivity contribution < 1.29 is 18.3 Å². The number of amides is 1. The molecular formula is C12H17NO4S. The minimum Gasteiger partial charge on any atom is -0.394 e. The lowest BCUT2D eigenvalue weighted by Crippen LogP contribution is -2.46. The van der Waals surface area contributed by atoms with E-state index in [0.29, 0.717) is 0 Å². The summed E-state index contributed by atoms with van der Waals surface area (Å²) in [5.41, 5.74) is -0.502. The molecule has 0 atom stereocenters. The van der Waals surface area contributed by atoms with Crippen LogP contribution in [0.1, 0.15) is 24.2 Å². The molecule has 0 heterocycles. The monoisotopic (exact) mass is 271 g/mol. The van der Waals surface area contributed by atoms with E-state index in [4.69, 9.17) is 5.11 Å². The first kappa shape index (κ1) is 14.7. The van der Waals surface area contributed by atoms with Gasteiger partial charge in [0.05, 0.1) is 17.0 Å². The molecule has 5 nitrogen and oxygen atoms in total. The predicted molar refractivity (Wildman–Crippen MR) is 68.2 cm³/mol. The number of aliphatic hydroxyl groups excluding tert-OH is 1. The summed E-state index contributed by atoms with van der Waals surface area (Å²) >= 11 is 0. The lowest BCUT2D eigenvalue weighted by molar-refractivity contribution is 0.0869. The third-order valence-electron chi connectivity index (χ3n) is 2.37. The number of nitrogens with one attached hydrogen (secondary N) is 1. The second-order valence-corrected chi connectivity index (χ2v) is 6.81. The normalized spacial score (nSPS) is 12.2. The van der Waals surface area contributed by atoms with Crippen LogP contribution in [0.3, 0.4) is 0 Å². The number of carbonyl (C=O) groups excluding carboxylic acids is 1. The molecule has 1 aromatic carbocycles. The molecule has 6 heteroatoms. The molecule has 0 aliphatic heterocycles. The van der Waals surface area contributed by atoms with Crippen molar-refractivity contribution in [2.24, 2.45) is 0 Å². The van der Waals surface area contributed by atoms with Crippen LogP contribution in [0, 0.1) is 0 Å². The quantitative estimate of drug-likeness (QED) is 0.839. The van der Waals surface area contributed by atoms with Gasteiger partial charge >= 0.3 is 0 Å². The highest BCUT2D eigenvalue weighted by Gasteiger charge is 2.20. The van der Waals surface area contributed by atoms with Gasteiger partial charge in [-0.3, -0.25) is 4.79 Å². The maximum Gasteiger partial charge on any atom is 0.251 e. The zero-order valence-electron chi connectivity index (χ0n) is 10.6. The van der Waals surface area contributed by atoms with Gasteiger partial charge in [-0.1, -0.05) is 6.07 Å².